The molecule has 0 aliphatic carbocycles. The van der Waals surface area contributed by atoms with Gasteiger partial charge in [0.2, 0.25) is 0 Å². The van der Waals surface area contributed by atoms with Crippen LogP contribution in [0.1, 0.15) is 57.5 Å². The SMILES string of the molecule is Cc1ccc(-c2cc(C(=O)N[C@H](C)c3cnc(C)nc3)cc(C(O)c3ccccc3)c2)nc1. The van der Waals surface area contributed by atoms with Crippen LogP contribution in [-0.2, 0) is 0 Å². The molecule has 0 bridgehead atoms. The summed E-state index contributed by atoms with van der Waals surface area (Å²) in [6.07, 6.45) is 4.34. The normalized spacial score (nSPS) is 12.7. The number of benzene rings is 2. The van der Waals surface area contributed by atoms with Crippen molar-refractivity contribution >= 4 is 5.91 Å². The summed E-state index contributed by atoms with van der Waals surface area (Å²) in [6, 6.07) is 18.4. The van der Waals surface area contributed by atoms with Crippen LogP contribution in [0.4, 0.5) is 0 Å². The highest BCUT2D eigenvalue weighted by Crippen LogP contribution is 2.28. The molecule has 2 aromatic carbocycles. The van der Waals surface area contributed by atoms with Gasteiger partial charge in [0.1, 0.15) is 11.9 Å². The second kappa shape index (κ2) is 9.71. The molecule has 4 aromatic rings. The number of hydrogen-bond donors (Lipinski definition) is 2. The fourth-order valence-corrected chi connectivity index (χ4v) is 3.54. The molecule has 0 saturated carbocycles. The minimum Gasteiger partial charge on any atom is -0.384 e. The molecule has 0 fully saturated rings. The van der Waals surface area contributed by atoms with Gasteiger partial charge in [-0.2, -0.15) is 0 Å². The fraction of sp³-hybridized carbons (Fsp3) is 0.185. The average molecular weight is 439 g/mol. The van der Waals surface area contributed by atoms with Crippen LogP contribution in [0.5, 0.6) is 0 Å². The summed E-state index contributed by atoms with van der Waals surface area (Å²) in [6.45, 7) is 5.68. The number of hydrogen-bond acceptors (Lipinski definition) is 5. The van der Waals surface area contributed by atoms with Gasteiger partial charge in [-0.25, -0.2) is 9.97 Å². The second-order valence-electron chi connectivity index (χ2n) is 8.14. The summed E-state index contributed by atoms with van der Waals surface area (Å²) in [5, 5.41) is 14.0. The lowest BCUT2D eigenvalue weighted by molar-refractivity contribution is 0.0939. The fourth-order valence-electron chi connectivity index (χ4n) is 3.54. The monoisotopic (exact) mass is 438 g/mol. The minimum absolute atomic E-state index is 0.251. The van der Waals surface area contributed by atoms with Gasteiger partial charge < -0.3 is 10.4 Å². The van der Waals surface area contributed by atoms with Crippen molar-refractivity contribution in [1.82, 2.24) is 20.3 Å². The molecule has 33 heavy (non-hydrogen) atoms. The van der Waals surface area contributed by atoms with Crippen LogP contribution in [0.15, 0.2) is 79.3 Å². The molecule has 2 N–H and O–H groups in total. The van der Waals surface area contributed by atoms with E-state index in [0.29, 0.717) is 17.0 Å². The Morgan fingerprint density at radius 2 is 1.58 bits per heavy atom. The average Bonchev–Trinajstić information content (AvgIpc) is 2.84. The van der Waals surface area contributed by atoms with Gasteiger partial charge >= 0.3 is 0 Å². The number of rotatable bonds is 6. The van der Waals surface area contributed by atoms with E-state index >= 15 is 0 Å². The van der Waals surface area contributed by atoms with Crippen LogP contribution < -0.4 is 5.32 Å². The molecule has 6 nitrogen and oxygen atoms in total. The van der Waals surface area contributed by atoms with Gasteiger partial charge in [-0.05, 0) is 61.7 Å². The van der Waals surface area contributed by atoms with Crippen molar-refractivity contribution in [3.05, 3.63) is 113 Å². The summed E-state index contributed by atoms with van der Waals surface area (Å²) in [5.74, 6) is 0.425. The summed E-state index contributed by atoms with van der Waals surface area (Å²) in [7, 11) is 0. The van der Waals surface area contributed by atoms with Gasteiger partial charge in [-0.15, -0.1) is 0 Å². The third-order valence-electron chi connectivity index (χ3n) is 5.50. The van der Waals surface area contributed by atoms with Crippen molar-refractivity contribution in [2.45, 2.75) is 32.9 Å². The Kier molecular flexibility index (Phi) is 6.56. The number of carbonyl (C=O) groups excluding carboxylic acids is 1. The highest BCUT2D eigenvalue weighted by molar-refractivity contribution is 5.96. The molecular weight excluding hydrogens is 412 g/mol. The smallest absolute Gasteiger partial charge is 0.251 e. The lowest BCUT2D eigenvalue weighted by Gasteiger charge is -2.17. The van der Waals surface area contributed by atoms with Gasteiger partial charge in [-0.1, -0.05) is 36.4 Å². The van der Waals surface area contributed by atoms with E-state index in [9.17, 15) is 9.90 Å². The van der Waals surface area contributed by atoms with Gasteiger partial charge in [0.05, 0.1) is 11.7 Å². The Labute approximate surface area is 193 Å². The number of nitrogens with one attached hydrogen (secondary N) is 1. The van der Waals surface area contributed by atoms with Crippen LogP contribution in [0, 0.1) is 13.8 Å². The molecule has 0 saturated heterocycles. The summed E-state index contributed by atoms with van der Waals surface area (Å²) in [4.78, 5) is 26.1. The Morgan fingerprint density at radius 3 is 2.24 bits per heavy atom. The largest absolute Gasteiger partial charge is 0.384 e. The number of carbonyl (C=O) groups is 1. The van der Waals surface area contributed by atoms with Gasteiger partial charge in [-0.3, -0.25) is 9.78 Å². The molecular formula is C27H26N4O2. The number of pyridine rings is 1. The molecule has 0 spiro atoms. The predicted molar refractivity (Wildman–Crippen MR) is 128 cm³/mol. The standard InChI is InChI=1S/C27H26N4O2/c1-17-9-10-25(30-14-17)21-11-22(26(32)20-7-5-4-6-8-20)13-23(12-21)27(33)31-18(2)24-15-28-19(3)29-16-24/h4-16,18,26,32H,1-3H3,(H,31,33)/t18-,26?/m1/s1. The number of aromatic nitrogens is 3. The quantitative estimate of drug-likeness (QED) is 0.454. The van der Waals surface area contributed by atoms with Crippen LogP contribution >= 0.6 is 0 Å². The van der Waals surface area contributed by atoms with E-state index in [4.69, 9.17) is 0 Å². The summed E-state index contributed by atoms with van der Waals surface area (Å²) >= 11 is 0. The lowest BCUT2D eigenvalue weighted by Crippen LogP contribution is -2.27. The molecule has 1 amide bonds. The van der Waals surface area contributed by atoms with E-state index in [1.54, 1.807) is 30.7 Å². The Balaban J connectivity index is 1.69. The molecule has 2 heterocycles. The van der Waals surface area contributed by atoms with Crippen LogP contribution in [0.25, 0.3) is 11.3 Å². The third kappa shape index (κ3) is 5.30. The van der Waals surface area contributed by atoms with E-state index in [2.05, 4.69) is 20.3 Å². The number of nitrogens with zero attached hydrogens (tertiary/aromatic N) is 3. The maximum atomic E-state index is 13.2. The maximum Gasteiger partial charge on any atom is 0.251 e. The summed E-state index contributed by atoms with van der Waals surface area (Å²) < 4.78 is 0. The van der Waals surface area contributed by atoms with Crippen LogP contribution in [0.2, 0.25) is 0 Å². The predicted octanol–water partition coefficient (Wildman–Crippen LogP) is 4.73. The van der Waals surface area contributed by atoms with E-state index in [-0.39, 0.29) is 11.9 Å². The molecule has 2 atom stereocenters. The Bertz CT molecular complexity index is 1240. The molecule has 166 valence electrons. The zero-order chi connectivity index (χ0) is 23.4. The van der Waals surface area contributed by atoms with Crippen LogP contribution in [-0.4, -0.2) is 26.0 Å². The third-order valence-corrected chi connectivity index (χ3v) is 5.50. The Hall–Kier alpha value is -3.90. The molecule has 1 unspecified atom stereocenters. The number of aliphatic hydroxyl groups excluding tert-OH is 1. The highest BCUT2D eigenvalue weighted by atomic mass is 16.3. The first kappa shape index (κ1) is 22.3. The molecule has 4 rings (SSSR count). The van der Waals surface area contributed by atoms with Gasteiger partial charge in [0.25, 0.3) is 5.91 Å². The van der Waals surface area contributed by atoms with Crippen molar-refractivity contribution in [2.24, 2.45) is 0 Å². The van der Waals surface area contributed by atoms with E-state index in [0.717, 1.165) is 27.9 Å². The van der Waals surface area contributed by atoms with E-state index < -0.39 is 6.10 Å². The number of aryl methyl sites for hydroxylation is 2. The number of amides is 1. The molecule has 0 aliphatic rings. The zero-order valence-corrected chi connectivity index (χ0v) is 18.9. The second-order valence-corrected chi connectivity index (χ2v) is 8.14. The number of aliphatic hydroxyl groups is 1. The molecule has 6 heteroatoms. The van der Waals surface area contributed by atoms with E-state index in [1.165, 1.54) is 0 Å². The summed E-state index contributed by atoms with van der Waals surface area (Å²) in [5.41, 5.74) is 5.18. The molecule has 2 aromatic heterocycles. The molecule has 0 radical (unpaired) electrons. The minimum atomic E-state index is -0.869. The van der Waals surface area contributed by atoms with Crippen LogP contribution in [0.3, 0.4) is 0 Å². The first-order valence-corrected chi connectivity index (χ1v) is 10.8. The van der Waals surface area contributed by atoms with Gasteiger partial charge in [0, 0.05) is 35.3 Å². The van der Waals surface area contributed by atoms with Crippen molar-refractivity contribution in [1.29, 1.82) is 0 Å². The zero-order valence-electron chi connectivity index (χ0n) is 18.9. The van der Waals surface area contributed by atoms with Crippen molar-refractivity contribution < 1.29 is 9.90 Å². The topological polar surface area (TPSA) is 88.0 Å². The van der Waals surface area contributed by atoms with Crippen molar-refractivity contribution in [2.75, 3.05) is 0 Å². The highest BCUT2D eigenvalue weighted by Gasteiger charge is 2.18. The Morgan fingerprint density at radius 1 is 0.848 bits per heavy atom. The van der Waals surface area contributed by atoms with Crippen molar-refractivity contribution in [3.8, 4) is 11.3 Å². The first-order valence-electron chi connectivity index (χ1n) is 10.8. The maximum absolute atomic E-state index is 13.2. The molecule has 0 aliphatic heterocycles. The lowest BCUT2D eigenvalue weighted by atomic mass is 9.95. The van der Waals surface area contributed by atoms with E-state index in [1.807, 2.05) is 69.3 Å². The first-order chi connectivity index (χ1) is 15.9. The van der Waals surface area contributed by atoms with Crippen molar-refractivity contribution in [3.63, 3.8) is 0 Å². The van der Waals surface area contributed by atoms with Gasteiger partial charge in [0.15, 0.2) is 0 Å².